The first-order valence-corrected chi connectivity index (χ1v) is 15.9. The number of hydrogen-bond donors (Lipinski definition) is 2. The van der Waals surface area contributed by atoms with E-state index in [0.29, 0.717) is 65.6 Å². The van der Waals surface area contributed by atoms with Gasteiger partial charge in [-0.1, -0.05) is 65.7 Å². The van der Waals surface area contributed by atoms with Crippen LogP contribution in [0.5, 0.6) is 5.88 Å². The summed E-state index contributed by atoms with van der Waals surface area (Å²) >= 11 is 14.0. The Hall–Kier alpha value is -3.37. The molecule has 2 aromatic heterocycles. The fourth-order valence-corrected chi connectivity index (χ4v) is 6.85. The highest BCUT2D eigenvalue weighted by Gasteiger charge is 2.26. The number of β-amino-alcohol motifs (C(OH)–C–C–N with tert-alkyl or cyclic N) is 2. The number of Topliss-reactive ketones (excluding diaryl/α,β-unsaturated/α-hetero) is 1. The molecule has 0 unspecified atom stereocenters. The van der Waals surface area contributed by atoms with E-state index in [2.05, 4.69) is 9.80 Å². The van der Waals surface area contributed by atoms with Crippen molar-refractivity contribution < 1.29 is 19.7 Å². The maximum Gasteiger partial charge on any atom is 0.218 e. The maximum absolute atomic E-state index is 13.5. The van der Waals surface area contributed by atoms with Crippen LogP contribution in [0.2, 0.25) is 10.0 Å². The van der Waals surface area contributed by atoms with Gasteiger partial charge in [-0.2, -0.15) is 0 Å². The number of halogens is 2. The van der Waals surface area contributed by atoms with Crippen molar-refractivity contribution in [2.45, 2.75) is 39.0 Å². The maximum atomic E-state index is 13.5. The zero-order chi connectivity index (χ0) is 31.7. The highest BCUT2D eigenvalue weighted by atomic mass is 35.5. The SMILES string of the molecule is COc1nc(-c2cccc(-c3cccc(CC(=O)c4cc(C)c5c(n4)CN(CCO)CC5)c3Cl)c2Cl)ccc1CN1CC(O)C1. The summed E-state index contributed by atoms with van der Waals surface area (Å²) in [6.45, 7) is 6.11. The molecule has 4 heterocycles. The van der Waals surface area contributed by atoms with Gasteiger partial charge in [0.2, 0.25) is 5.88 Å². The Balaban J connectivity index is 1.25. The van der Waals surface area contributed by atoms with Crippen molar-refractivity contribution in [1.82, 2.24) is 19.8 Å². The first-order valence-electron chi connectivity index (χ1n) is 15.1. The Morgan fingerprint density at radius 2 is 1.71 bits per heavy atom. The number of likely N-dealkylation sites (tertiary alicyclic amines) is 1. The lowest BCUT2D eigenvalue weighted by molar-refractivity contribution is -0.00330. The highest BCUT2D eigenvalue weighted by molar-refractivity contribution is 6.38. The van der Waals surface area contributed by atoms with Gasteiger partial charge in [0, 0.05) is 67.9 Å². The fraction of sp³-hybridized carbons (Fsp3) is 0.343. The minimum Gasteiger partial charge on any atom is -0.481 e. The van der Waals surface area contributed by atoms with Gasteiger partial charge in [0.25, 0.3) is 0 Å². The quantitative estimate of drug-likeness (QED) is 0.221. The summed E-state index contributed by atoms with van der Waals surface area (Å²) in [5.41, 5.74) is 8.07. The summed E-state index contributed by atoms with van der Waals surface area (Å²) in [4.78, 5) is 27.3. The molecule has 0 radical (unpaired) electrons. The number of carbonyl (C=O) groups excluding carboxylic acids is 1. The van der Waals surface area contributed by atoms with Gasteiger partial charge in [0.15, 0.2) is 5.78 Å². The molecule has 0 bridgehead atoms. The average molecular weight is 648 g/mol. The molecule has 0 spiro atoms. The molecule has 1 fully saturated rings. The number of methoxy groups -OCH3 is 1. The van der Waals surface area contributed by atoms with Crippen molar-refractivity contribution in [3.8, 4) is 28.3 Å². The normalized spacial score (nSPS) is 15.5. The van der Waals surface area contributed by atoms with Crippen LogP contribution in [0.25, 0.3) is 22.4 Å². The number of hydrogen-bond acceptors (Lipinski definition) is 8. The van der Waals surface area contributed by atoms with Crippen LogP contribution < -0.4 is 4.74 Å². The van der Waals surface area contributed by atoms with E-state index in [1.807, 2.05) is 61.5 Å². The molecule has 2 aliphatic rings. The predicted octanol–water partition coefficient (Wildman–Crippen LogP) is 5.39. The van der Waals surface area contributed by atoms with Gasteiger partial charge in [-0.15, -0.1) is 0 Å². The van der Waals surface area contributed by atoms with Crippen molar-refractivity contribution in [2.24, 2.45) is 0 Å². The summed E-state index contributed by atoms with van der Waals surface area (Å²) in [5, 5.41) is 20.0. The van der Waals surface area contributed by atoms with Crippen LogP contribution in [0, 0.1) is 6.92 Å². The minimum absolute atomic E-state index is 0.0942. The van der Waals surface area contributed by atoms with Crippen LogP contribution in [0.3, 0.4) is 0 Å². The summed E-state index contributed by atoms with van der Waals surface area (Å²) in [6.07, 6.45) is 0.679. The van der Waals surface area contributed by atoms with Crippen molar-refractivity contribution in [3.05, 3.63) is 98.3 Å². The third kappa shape index (κ3) is 6.63. The van der Waals surface area contributed by atoms with E-state index in [-0.39, 0.29) is 24.9 Å². The Labute approximate surface area is 273 Å². The molecule has 234 valence electrons. The van der Waals surface area contributed by atoms with Gasteiger partial charge < -0.3 is 14.9 Å². The van der Waals surface area contributed by atoms with Crippen molar-refractivity contribution in [3.63, 3.8) is 0 Å². The van der Waals surface area contributed by atoms with Crippen molar-refractivity contribution in [2.75, 3.05) is 39.9 Å². The molecule has 0 aliphatic carbocycles. The molecule has 0 atom stereocenters. The summed E-state index contributed by atoms with van der Waals surface area (Å²) in [7, 11) is 1.60. The molecule has 8 nitrogen and oxygen atoms in total. The number of rotatable bonds is 10. The molecule has 2 aliphatic heterocycles. The number of aromatic nitrogens is 2. The lowest BCUT2D eigenvalue weighted by atomic mass is 9.95. The van der Waals surface area contributed by atoms with Crippen LogP contribution in [0.1, 0.15) is 38.4 Å². The second-order valence-electron chi connectivity index (χ2n) is 11.8. The molecule has 6 rings (SSSR count). The average Bonchev–Trinajstić information content (AvgIpc) is 3.02. The topological polar surface area (TPSA) is 99.0 Å². The Morgan fingerprint density at radius 1 is 0.978 bits per heavy atom. The number of aliphatic hydroxyl groups is 2. The smallest absolute Gasteiger partial charge is 0.218 e. The third-order valence-corrected chi connectivity index (χ3v) is 9.50. The van der Waals surface area contributed by atoms with Crippen molar-refractivity contribution in [1.29, 1.82) is 0 Å². The van der Waals surface area contributed by atoms with Gasteiger partial charge in [0.05, 0.1) is 41.3 Å². The Bertz CT molecular complexity index is 1740. The van der Waals surface area contributed by atoms with E-state index in [1.54, 1.807) is 7.11 Å². The number of ketones is 1. The second kappa shape index (κ2) is 13.5. The van der Waals surface area contributed by atoms with Crippen LogP contribution in [0.15, 0.2) is 54.6 Å². The molecule has 0 amide bonds. The number of fused-ring (bicyclic) bond motifs is 1. The zero-order valence-corrected chi connectivity index (χ0v) is 26.9. The molecule has 2 aromatic carbocycles. The Morgan fingerprint density at radius 3 is 2.44 bits per heavy atom. The molecular formula is C35H36Cl2N4O4. The van der Waals surface area contributed by atoms with Gasteiger partial charge in [-0.05, 0) is 42.2 Å². The molecular weight excluding hydrogens is 611 g/mol. The second-order valence-corrected chi connectivity index (χ2v) is 12.5. The summed E-state index contributed by atoms with van der Waals surface area (Å²) in [6, 6.07) is 17.1. The monoisotopic (exact) mass is 646 g/mol. The molecule has 0 saturated carbocycles. The number of ether oxygens (including phenoxy) is 1. The highest BCUT2D eigenvalue weighted by Crippen LogP contribution is 2.40. The van der Waals surface area contributed by atoms with E-state index >= 15 is 0 Å². The third-order valence-electron chi connectivity index (χ3n) is 8.65. The zero-order valence-electron chi connectivity index (χ0n) is 25.4. The predicted molar refractivity (Wildman–Crippen MR) is 176 cm³/mol. The number of aliphatic hydroxyl groups excluding tert-OH is 2. The van der Waals surface area contributed by atoms with E-state index in [0.717, 1.165) is 46.5 Å². The number of carbonyl (C=O) groups is 1. The van der Waals surface area contributed by atoms with Gasteiger partial charge in [-0.3, -0.25) is 14.6 Å². The van der Waals surface area contributed by atoms with Crippen molar-refractivity contribution >= 4 is 29.0 Å². The minimum atomic E-state index is -0.276. The molecule has 2 N–H and O–H groups in total. The molecule has 10 heteroatoms. The number of aryl methyl sites for hydroxylation is 1. The van der Waals surface area contributed by atoms with Crippen LogP contribution in [-0.2, 0) is 25.9 Å². The van der Waals surface area contributed by atoms with Crippen LogP contribution in [-0.4, -0.2) is 81.8 Å². The van der Waals surface area contributed by atoms with Gasteiger partial charge in [0.1, 0.15) is 5.69 Å². The fourth-order valence-electron chi connectivity index (χ4n) is 6.23. The van der Waals surface area contributed by atoms with E-state index in [4.69, 9.17) is 37.9 Å². The lowest BCUT2D eigenvalue weighted by Gasteiger charge is -2.35. The number of benzene rings is 2. The standard InChI is InChI=1S/C35H36Cl2N4O4/c1-21-15-30(38-31-20-40(13-14-42)12-11-25(21)31)32(44)16-22-5-3-6-26(33(22)36)27-7-4-8-28(34(27)37)29-10-9-23(35(39-29)45-2)17-41-18-24(43)19-41/h3-10,15,24,42-43H,11-14,16-20H2,1-2H3. The first kappa shape index (κ1) is 31.6. The number of nitrogens with zero attached hydrogens (tertiary/aromatic N) is 4. The van der Waals surface area contributed by atoms with E-state index < -0.39 is 0 Å². The Kier molecular flexibility index (Phi) is 9.52. The molecule has 1 saturated heterocycles. The van der Waals surface area contributed by atoms with E-state index in [1.165, 1.54) is 5.56 Å². The van der Waals surface area contributed by atoms with Crippen LogP contribution in [0.4, 0.5) is 0 Å². The van der Waals surface area contributed by atoms with Gasteiger partial charge >= 0.3 is 0 Å². The van der Waals surface area contributed by atoms with Gasteiger partial charge in [-0.25, -0.2) is 9.97 Å². The summed E-state index contributed by atoms with van der Waals surface area (Å²) in [5.74, 6) is 0.407. The van der Waals surface area contributed by atoms with E-state index in [9.17, 15) is 15.0 Å². The molecule has 45 heavy (non-hydrogen) atoms. The molecule has 4 aromatic rings. The number of pyridine rings is 2. The lowest BCUT2D eigenvalue weighted by Crippen LogP contribution is -2.49. The first-order chi connectivity index (χ1) is 21.7. The summed E-state index contributed by atoms with van der Waals surface area (Å²) < 4.78 is 5.61. The largest absolute Gasteiger partial charge is 0.481 e. The van der Waals surface area contributed by atoms with Crippen LogP contribution >= 0.6 is 23.2 Å².